The SMILES string of the molecule is O.O=c1[nH]cnc2c1ncn2[C@@H]1O[C@H](COP(=O)([O-])OP(=O)([O-])OP(=O)([O-])[O-])[C@@H]([O-])[C@H]1O.[Na+].[Na+].[Na+]. The maximum Gasteiger partial charge on any atom is 1.00 e. The predicted molar refractivity (Wildman–Crippen MR) is 86.4 cm³/mol. The minimum Gasteiger partial charge on any atom is -0.848 e. The van der Waals surface area contributed by atoms with Crippen molar-refractivity contribution in [2.75, 3.05) is 6.61 Å². The molecule has 1 aliphatic heterocycles. The van der Waals surface area contributed by atoms with Crippen LogP contribution in [-0.4, -0.2) is 55.0 Å². The van der Waals surface area contributed by atoms with Crippen LogP contribution >= 0.6 is 23.5 Å². The number of phosphoric ester groups is 1. The molecule has 3 rings (SSSR count). The fourth-order valence-corrected chi connectivity index (χ4v) is 5.45. The molecule has 0 spiro atoms. The van der Waals surface area contributed by atoms with Gasteiger partial charge in [0.15, 0.2) is 17.4 Å². The smallest absolute Gasteiger partial charge is 0.848 e. The van der Waals surface area contributed by atoms with Crippen LogP contribution in [0, 0.1) is 0 Å². The third-order valence-corrected chi connectivity index (χ3v) is 7.41. The monoisotopic (exact) mass is 590 g/mol. The molecule has 1 aliphatic rings. The molecule has 0 aliphatic carbocycles. The molecule has 3 heterocycles. The van der Waals surface area contributed by atoms with Gasteiger partial charge in [-0.15, -0.1) is 0 Å². The van der Waals surface area contributed by atoms with Crippen LogP contribution in [0.4, 0.5) is 0 Å². The van der Waals surface area contributed by atoms with E-state index in [2.05, 4.69) is 28.1 Å². The Morgan fingerprint density at radius 3 is 2.26 bits per heavy atom. The van der Waals surface area contributed by atoms with Gasteiger partial charge in [0, 0.05) is 0 Å². The number of hydrogen-bond donors (Lipinski definition) is 2. The van der Waals surface area contributed by atoms with E-state index in [-0.39, 0.29) is 105 Å². The Kier molecular flexibility index (Phi) is 16.4. The van der Waals surface area contributed by atoms with E-state index in [4.69, 9.17) is 4.74 Å². The van der Waals surface area contributed by atoms with Gasteiger partial charge in [0.25, 0.3) is 21.2 Å². The van der Waals surface area contributed by atoms with Crippen molar-refractivity contribution >= 4 is 34.6 Å². The molecule has 2 aromatic rings. The number of aromatic amines is 1. The zero-order valence-corrected chi connectivity index (χ0v) is 26.8. The molecule has 2 aromatic heterocycles. The summed E-state index contributed by atoms with van der Waals surface area (Å²) in [7, 11) is -18.2. The van der Waals surface area contributed by atoms with Gasteiger partial charge >= 0.3 is 88.7 Å². The van der Waals surface area contributed by atoms with E-state index >= 15 is 0 Å². The number of imidazole rings is 1. The van der Waals surface area contributed by atoms with E-state index in [9.17, 15) is 48.3 Å². The number of aliphatic hydroxyl groups excluding tert-OH is 1. The van der Waals surface area contributed by atoms with Crippen molar-refractivity contribution in [3.05, 3.63) is 23.0 Å². The Labute approximate surface area is 261 Å². The summed E-state index contributed by atoms with van der Waals surface area (Å²) >= 11 is 0. The molecule has 0 amide bonds. The number of ether oxygens (including phenoxy) is 1. The molecular weight excluding hydrogens is 578 g/mol. The van der Waals surface area contributed by atoms with E-state index in [0.29, 0.717) is 0 Å². The van der Waals surface area contributed by atoms with Crippen molar-refractivity contribution in [3.63, 3.8) is 0 Å². The molecule has 25 heteroatoms. The normalized spacial score (nSPS) is 25.2. The topological polar surface area (TPSA) is 319 Å². The van der Waals surface area contributed by atoms with Crippen LogP contribution in [0.25, 0.3) is 11.2 Å². The number of aromatic nitrogens is 4. The van der Waals surface area contributed by atoms with Crippen LogP contribution in [0.3, 0.4) is 0 Å². The van der Waals surface area contributed by atoms with Gasteiger partial charge in [-0.25, -0.2) is 14.3 Å². The average molecular weight is 590 g/mol. The summed E-state index contributed by atoms with van der Waals surface area (Å²) in [4.78, 5) is 64.8. The zero-order chi connectivity index (χ0) is 23.2. The molecule has 182 valence electrons. The van der Waals surface area contributed by atoms with E-state index < -0.39 is 60.2 Å². The molecule has 1 saturated heterocycles. The number of hydrogen-bond acceptors (Lipinski definition) is 16. The van der Waals surface area contributed by atoms with Gasteiger partial charge in [-0.3, -0.25) is 22.8 Å². The third-order valence-electron chi connectivity index (χ3n) is 3.75. The second-order valence-corrected chi connectivity index (χ2v) is 10.1. The summed E-state index contributed by atoms with van der Waals surface area (Å²) in [5.74, 6) is 0. The Morgan fingerprint density at radius 2 is 1.69 bits per heavy atom. The predicted octanol–water partition coefficient (Wildman–Crippen LogP) is -14.9. The van der Waals surface area contributed by atoms with Crippen LogP contribution in [-0.2, 0) is 31.6 Å². The Morgan fingerprint density at radius 1 is 1.09 bits per heavy atom. The van der Waals surface area contributed by atoms with Gasteiger partial charge in [-0.2, -0.15) is 0 Å². The van der Waals surface area contributed by atoms with Crippen molar-refractivity contribution in [2.24, 2.45) is 0 Å². The summed E-state index contributed by atoms with van der Waals surface area (Å²) in [6.45, 7) is -1.17. The van der Waals surface area contributed by atoms with E-state index in [1.807, 2.05) is 0 Å². The van der Waals surface area contributed by atoms with Crippen molar-refractivity contribution in [1.82, 2.24) is 19.5 Å². The molecule has 1 fully saturated rings. The number of nitrogens with one attached hydrogen (secondary N) is 1. The summed E-state index contributed by atoms with van der Waals surface area (Å²) < 4.78 is 49.7. The Balaban J connectivity index is 0. The van der Waals surface area contributed by atoms with Gasteiger partial charge < -0.3 is 54.1 Å². The Bertz CT molecular complexity index is 1170. The molecule has 0 aromatic carbocycles. The van der Waals surface area contributed by atoms with Crippen LogP contribution in [0.5, 0.6) is 0 Å². The quantitative estimate of drug-likeness (QED) is 0.213. The van der Waals surface area contributed by atoms with Crippen LogP contribution in [0.1, 0.15) is 6.23 Å². The number of fused-ring (bicyclic) bond motifs is 1. The van der Waals surface area contributed by atoms with Gasteiger partial charge in [-0.05, 0) is 0 Å². The first-order chi connectivity index (χ1) is 14.2. The van der Waals surface area contributed by atoms with Gasteiger partial charge in [-0.1, -0.05) is 6.10 Å². The second-order valence-electron chi connectivity index (χ2n) is 5.88. The third kappa shape index (κ3) is 10.3. The van der Waals surface area contributed by atoms with Gasteiger partial charge in [0.2, 0.25) is 0 Å². The number of nitrogens with zero attached hydrogens (tertiary/aromatic N) is 3. The molecule has 35 heavy (non-hydrogen) atoms. The van der Waals surface area contributed by atoms with Crippen molar-refractivity contribution in [1.29, 1.82) is 0 Å². The number of H-pyrrole nitrogens is 1. The molecule has 4 N–H and O–H groups in total. The molecular formula is C10H12N4Na3O15P3-2. The fraction of sp³-hybridized carbons (Fsp3) is 0.500. The van der Waals surface area contributed by atoms with Crippen molar-refractivity contribution in [2.45, 2.75) is 24.5 Å². The minimum absolute atomic E-state index is 0. The van der Waals surface area contributed by atoms with Crippen molar-refractivity contribution in [3.8, 4) is 0 Å². The first-order valence-electron chi connectivity index (χ1n) is 7.80. The Hall–Kier alpha value is 1.60. The molecule has 2 unspecified atom stereocenters. The first-order valence-corrected chi connectivity index (χ1v) is 12.2. The second kappa shape index (κ2) is 14.8. The van der Waals surface area contributed by atoms with E-state index in [1.165, 1.54) is 0 Å². The summed E-state index contributed by atoms with van der Waals surface area (Å²) in [5.41, 5.74) is -0.828. The molecule has 0 bridgehead atoms. The number of phosphoric acid groups is 3. The summed E-state index contributed by atoms with van der Waals surface area (Å²) in [6.07, 6.45) is -4.93. The van der Waals surface area contributed by atoms with Crippen LogP contribution in [0.15, 0.2) is 17.4 Å². The number of rotatable bonds is 8. The average Bonchev–Trinajstić information content (AvgIpc) is 3.13. The molecule has 19 nitrogen and oxygen atoms in total. The maximum atomic E-state index is 12.2. The van der Waals surface area contributed by atoms with E-state index in [0.717, 1.165) is 17.2 Å². The van der Waals surface area contributed by atoms with Gasteiger partial charge in [0.05, 0.1) is 39.3 Å². The molecule has 0 radical (unpaired) electrons. The first kappa shape index (κ1) is 38.7. The van der Waals surface area contributed by atoms with Crippen molar-refractivity contribution < 1.29 is 156 Å². The molecule has 0 saturated carbocycles. The largest absolute Gasteiger partial charge is 1.00 e. The maximum absolute atomic E-state index is 12.2. The standard InChI is InChI=1S/C10H14N4O14P3.3Na.H2O/c15-6-4(1-25-30(21,22)28-31(23,24)27-29(18,19)20)26-10(7(6)16)14-3-13-5-8(14)11-2-12-9(5)17;;;;/h2-4,6-7,10,16H,1H2,(H,21,22)(H,23,24)(H,11,12,17)(H2,18,19,20);;;;1H2/q-1;3*+1;/p-4/t4-,6-,7-,10-;;;;/m1..../s1. The number of aliphatic hydroxyl groups is 1. The van der Waals surface area contributed by atoms with Gasteiger partial charge in [0.1, 0.15) is 0 Å². The molecule has 6 atom stereocenters. The van der Waals surface area contributed by atoms with Crippen LogP contribution < -0.4 is 119 Å². The zero-order valence-electron chi connectivity index (χ0n) is 18.1. The summed E-state index contributed by atoms with van der Waals surface area (Å²) in [6, 6.07) is 0. The van der Waals surface area contributed by atoms with E-state index in [1.54, 1.807) is 0 Å². The fourth-order valence-electron chi connectivity index (χ4n) is 2.58. The summed E-state index contributed by atoms with van der Waals surface area (Å²) in [5, 5.41) is 22.3. The van der Waals surface area contributed by atoms with Crippen LogP contribution in [0.2, 0.25) is 0 Å². The minimum atomic E-state index is -6.17.